The molecule has 578 valence electrons. The molecule has 20 nitrogen and oxygen atoms in total. The highest BCUT2D eigenvalue weighted by molar-refractivity contribution is 5.95. The fraction of sp³-hybridized carbons (Fsp3) is 0.0808. The first kappa shape index (κ1) is 79.8. The first-order valence-corrected chi connectivity index (χ1v) is 38.6. The summed E-state index contributed by atoms with van der Waals surface area (Å²) in [6, 6.07) is 94.5. The second-order valence-corrected chi connectivity index (χ2v) is 27.6. The maximum absolute atomic E-state index is 4.92. The number of aryl methyl sites for hydroxylation is 8. The van der Waals surface area contributed by atoms with E-state index in [4.69, 9.17) is 19.9 Å². The number of benzene rings is 8. The number of nitrogens with zero attached hydrogens (tertiary/aromatic N) is 20. The van der Waals surface area contributed by atoms with Crippen LogP contribution in [0, 0.1) is 55.4 Å². The van der Waals surface area contributed by atoms with E-state index in [9.17, 15) is 0 Å². The summed E-state index contributed by atoms with van der Waals surface area (Å²) >= 11 is 0. The van der Waals surface area contributed by atoms with E-state index < -0.39 is 0 Å². The van der Waals surface area contributed by atoms with E-state index in [1.54, 1.807) is 55.8 Å². The van der Waals surface area contributed by atoms with Gasteiger partial charge in [0.05, 0.1) is 108 Å². The zero-order valence-electron chi connectivity index (χ0n) is 66.9. The van der Waals surface area contributed by atoms with Crippen molar-refractivity contribution in [2.75, 3.05) is 0 Å². The van der Waals surface area contributed by atoms with Crippen LogP contribution in [0.5, 0.6) is 0 Å². The zero-order chi connectivity index (χ0) is 82.1. The monoisotopic (exact) mass is 1550 g/mol. The van der Waals surface area contributed by atoms with Gasteiger partial charge in [0.2, 0.25) is 0 Å². The lowest BCUT2D eigenvalue weighted by Crippen LogP contribution is -1.98. The molecule has 0 atom stereocenters. The summed E-state index contributed by atoms with van der Waals surface area (Å²) in [6.45, 7) is 15.8. The summed E-state index contributed by atoms with van der Waals surface area (Å²) in [4.78, 5) is 74.7. The van der Waals surface area contributed by atoms with Gasteiger partial charge in [0.25, 0.3) is 0 Å². The van der Waals surface area contributed by atoms with Crippen LogP contribution in [0.2, 0.25) is 0 Å². The lowest BCUT2D eigenvalue weighted by molar-refractivity contribution is 0.935. The summed E-state index contributed by atoms with van der Waals surface area (Å²) in [5.74, 6) is 0.672. The molecule has 0 aliphatic carbocycles. The van der Waals surface area contributed by atoms with E-state index in [0.717, 1.165) is 151 Å². The third-order valence-corrected chi connectivity index (χ3v) is 18.1. The van der Waals surface area contributed by atoms with Crippen LogP contribution in [0.1, 0.15) is 45.3 Å². The van der Waals surface area contributed by atoms with Gasteiger partial charge in [-0.25, -0.2) is 49.8 Å². The third-order valence-electron chi connectivity index (χ3n) is 18.1. The van der Waals surface area contributed by atoms with E-state index in [1.165, 1.54) is 22.1 Å². The summed E-state index contributed by atoms with van der Waals surface area (Å²) in [5, 5.41) is 9.14. The lowest BCUT2D eigenvalue weighted by Gasteiger charge is -2.10. The molecule has 0 saturated heterocycles. The molecule has 0 unspecified atom stereocenters. The quantitative estimate of drug-likeness (QED) is 0.150. The Hall–Kier alpha value is -15.8. The van der Waals surface area contributed by atoms with Gasteiger partial charge in [-0.05, 0) is 181 Å². The topological polar surface area (TPSA) is 249 Å². The SMILES string of the molecule is Cc1cc(-c2ccccc2)c2ccccc2n1.Cc1ccc2nc(-c3ccccc3)c(-c3ccccc3)nc2c1.Cc1ccc2nc(-c3ccccn3)c(-c3ccccn3)nc2c1.Cc1cn2ccccc2n1.Cc1cnc(-c2ccccc2)nn1.Cc1cnc2ccccc2n1.Cc1cnc2cccnc2n1.Cc1cnc2ccncc2n1. The number of hydrogen-bond donors (Lipinski definition) is 0. The average Bonchev–Trinajstić information content (AvgIpc) is 1.73. The van der Waals surface area contributed by atoms with Crippen molar-refractivity contribution >= 4 is 71.8 Å². The summed E-state index contributed by atoms with van der Waals surface area (Å²) in [6.07, 6.45) is 19.7. The molecule has 0 spiro atoms. The zero-order valence-corrected chi connectivity index (χ0v) is 66.9. The van der Waals surface area contributed by atoms with Crippen molar-refractivity contribution in [1.29, 1.82) is 0 Å². The van der Waals surface area contributed by atoms with Gasteiger partial charge in [-0.1, -0.05) is 182 Å². The van der Waals surface area contributed by atoms with Crippen molar-refractivity contribution in [3.63, 3.8) is 0 Å². The standard InChI is InChI=1S/C21H16N2.C19H14N4.C16H13N.C10H9N3.C9H8N2.2C8H7N3.C8H8N2/c1-15-12-13-18-19(14-15)23-21(17-10-6-3-7-11-17)20(22-18)16-8-4-2-5-9-16;1-13-8-9-14-17(12-13)23-19(16-7-3-5-11-21-16)18(22-14)15-6-2-4-10-20-15;1-12-11-15(13-7-3-2-4-8-13)14-9-5-6-10-16(14)17-12;1-8-7-11-10(13-12-8)9-5-3-2-4-6-9;1-7-6-10-8-4-2-3-5-9(8)11-7;1-6-4-10-7-2-3-9-5-8(7)11-6;1-6-5-10-7-3-2-4-9-8(7)11-6;1-7-6-10-5-3-2-4-8(10)9-7/h2-14H,1H3;2-12H,1H3;2-11H,1H3;2-7H,1H3;2-6H,1H3;2*2-5H,1H3;2-6H,1H3. The largest absolute Gasteiger partial charge is 0.307 e. The van der Waals surface area contributed by atoms with Gasteiger partial charge in [0.1, 0.15) is 28.1 Å². The van der Waals surface area contributed by atoms with Gasteiger partial charge in [-0.15, -0.1) is 5.10 Å². The van der Waals surface area contributed by atoms with Crippen LogP contribution in [0.25, 0.3) is 140 Å². The number of rotatable bonds is 6. The highest BCUT2D eigenvalue weighted by atomic mass is 15.1. The third kappa shape index (κ3) is 21.5. The van der Waals surface area contributed by atoms with Gasteiger partial charge >= 0.3 is 0 Å². The second-order valence-electron chi connectivity index (χ2n) is 27.6. The van der Waals surface area contributed by atoms with E-state index in [1.807, 2.05) is 265 Å². The van der Waals surface area contributed by atoms with Gasteiger partial charge in [0, 0.05) is 83.5 Å². The van der Waals surface area contributed by atoms with Crippen LogP contribution in [0.4, 0.5) is 0 Å². The Morgan fingerprint density at radius 2 is 0.706 bits per heavy atom. The molecule has 0 aliphatic heterocycles. The Bertz CT molecular complexity index is 6510. The lowest BCUT2D eigenvalue weighted by atomic mass is 10.0. The molecule has 13 aromatic heterocycles. The highest BCUT2D eigenvalue weighted by Gasteiger charge is 2.17. The maximum Gasteiger partial charge on any atom is 0.181 e. The highest BCUT2D eigenvalue weighted by Crippen LogP contribution is 2.33. The molecule has 0 bridgehead atoms. The number of imidazole rings is 1. The minimum Gasteiger partial charge on any atom is -0.307 e. The van der Waals surface area contributed by atoms with Crippen LogP contribution in [0.15, 0.2) is 353 Å². The summed E-state index contributed by atoms with van der Waals surface area (Å²) < 4.78 is 2.01. The van der Waals surface area contributed by atoms with Crippen LogP contribution < -0.4 is 0 Å². The van der Waals surface area contributed by atoms with Gasteiger partial charge in [-0.3, -0.25) is 34.9 Å². The molecule has 8 aromatic carbocycles. The molecular formula is C99H82N20. The molecule has 119 heavy (non-hydrogen) atoms. The molecule has 0 aliphatic rings. The predicted molar refractivity (Wildman–Crippen MR) is 476 cm³/mol. The van der Waals surface area contributed by atoms with Crippen molar-refractivity contribution in [2.24, 2.45) is 0 Å². The number of aromatic nitrogens is 20. The van der Waals surface area contributed by atoms with E-state index in [-0.39, 0.29) is 0 Å². The van der Waals surface area contributed by atoms with E-state index in [2.05, 4.69) is 167 Å². The summed E-state index contributed by atoms with van der Waals surface area (Å²) in [5.41, 5.74) is 29.6. The van der Waals surface area contributed by atoms with Crippen LogP contribution >= 0.6 is 0 Å². The van der Waals surface area contributed by atoms with Crippen molar-refractivity contribution < 1.29 is 0 Å². The number of fused-ring (bicyclic) bond motifs is 7. The van der Waals surface area contributed by atoms with Crippen molar-refractivity contribution in [1.82, 2.24) is 99.3 Å². The molecule has 0 saturated carbocycles. The van der Waals surface area contributed by atoms with Crippen molar-refractivity contribution in [2.45, 2.75) is 55.4 Å². The molecule has 21 rings (SSSR count). The van der Waals surface area contributed by atoms with Crippen molar-refractivity contribution in [3.8, 4) is 67.8 Å². The molecule has 0 fully saturated rings. The number of para-hydroxylation sites is 3. The minimum absolute atomic E-state index is 0.672. The van der Waals surface area contributed by atoms with E-state index in [0.29, 0.717) is 11.5 Å². The van der Waals surface area contributed by atoms with Gasteiger partial charge < -0.3 is 4.40 Å². The molecule has 21 aromatic rings. The predicted octanol–water partition coefficient (Wildman–Crippen LogP) is 21.6. The second kappa shape index (κ2) is 39.3. The minimum atomic E-state index is 0.672. The molecule has 0 N–H and O–H groups in total. The number of pyridine rings is 6. The van der Waals surface area contributed by atoms with Gasteiger partial charge in [-0.2, -0.15) is 5.10 Å². The average molecular weight is 1550 g/mol. The molecular weight excluding hydrogens is 1470 g/mol. The normalized spacial score (nSPS) is 10.5. The molecule has 13 heterocycles. The fourth-order valence-corrected chi connectivity index (χ4v) is 12.5. The first-order valence-electron chi connectivity index (χ1n) is 38.6. The number of hydrogen-bond acceptors (Lipinski definition) is 19. The Morgan fingerprint density at radius 1 is 0.244 bits per heavy atom. The molecule has 0 radical (unpaired) electrons. The Morgan fingerprint density at radius 3 is 1.29 bits per heavy atom. The Balaban J connectivity index is 0.000000114. The van der Waals surface area contributed by atoms with E-state index >= 15 is 0 Å². The maximum atomic E-state index is 4.92. The Labute approximate surface area is 688 Å². The Kier molecular flexibility index (Phi) is 26.3. The van der Waals surface area contributed by atoms with Crippen molar-refractivity contribution in [3.05, 3.63) is 399 Å². The smallest absolute Gasteiger partial charge is 0.181 e. The van der Waals surface area contributed by atoms with Crippen LogP contribution in [0.3, 0.4) is 0 Å². The van der Waals surface area contributed by atoms with Crippen LogP contribution in [-0.4, -0.2) is 99.3 Å². The fourth-order valence-electron chi connectivity index (χ4n) is 12.5. The molecule has 20 heteroatoms. The summed E-state index contributed by atoms with van der Waals surface area (Å²) in [7, 11) is 0. The van der Waals surface area contributed by atoms with Gasteiger partial charge in [0.15, 0.2) is 11.5 Å². The first-order chi connectivity index (χ1) is 58.3. The van der Waals surface area contributed by atoms with Crippen LogP contribution in [-0.2, 0) is 0 Å². The molecule has 0 amide bonds.